The van der Waals surface area contributed by atoms with Crippen LogP contribution in [0.2, 0.25) is 0 Å². The van der Waals surface area contributed by atoms with Gasteiger partial charge in [-0.2, -0.15) is 10.3 Å². The van der Waals surface area contributed by atoms with Gasteiger partial charge in [0.1, 0.15) is 0 Å². The number of benzene rings is 1. The van der Waals surface area contributed by atoms with Crippen molar-refractivity contribution in [2.45, 2.75) is 12.7 Å². The van der Waals surface area contributed by atoms with Crippen molar-refractivity contribution >= 4 is 28.8 Å². The molecule has 0 heterocycles. The third-order valence-corrected chi connectivity index (χ3v) is 2.88. The van der Waals surface area contributed by atoms with Gasteiger partial charge in [-0.05, 0) is 16.9 Å². The van der Waals surface area contributed by atoms with E-state index >= 15 is 0 Å². The van der Waals surface area contributed by atoms with Crippen molar-refractivity contribution in [3.8, 4) is 6.19 Å². The van der Waals surface area contributed by atoms with Crippen molar-refractivity contribution in [2.24, 2.45) is 4.99 Å². The molecule has 0 amide bonds. The Morgan fingerprint density at radius 2 is 2.14 bits per heavy atom. The van der Waals surface area contributed by atoms with Gasteiger partial charge in [0.05, 0.1) is 0 Å². The van der Waals surface area contributed by atoms with Crippen LogP contribution in [-0.4, -0.2) is 4.38 Å². The number of thioether (sulfide) groups is 1. The lowest BCUT2D eigenvalue weighted by molar-refractivity contribution is 1.37. The second-order valence-electron chi connectivity index (χ2n) is 2.75. The van der Waals surface area contributed by atoms with E-state index in [-0.39, 0.29) is 0 Å². The molecule has 0 aliphatic heterocycles. The van der Waals surface area contributed by atoms with Crippen LogP contribution in [0.4, 0.5) is 0 Å². The Morgan fingerprint density at radius 1 is 1.50 bits per heavy atom. The molecule has 0 unspecified atom stereocenters. The van der Waals surface area contributed by atoms with Gasteiger partial charge in [-0.15, -0.1) is 11.8 Å². The highest BCUT2D eigenvalue weighted by Crippen LogP contribution is 2.13. The number of nitriles is 1. The molecule has 0 saturated carbocycles. The minimum Gasteiger partial charge on any atom is -0.752 e. The summed E-state index contributed by atoms with van der Waals surface area (Å²) in [7, 11) is 0. The molecule has 0 aliphatic carbocycles. The summed E-state index contributed by atoms with van der Waals surface area (Å²) in [6.07, 6.45) is 1.68. The monoisotopic (exact) mass is 221 g/mol. The van der Waals surface area contributed by atoms with Crippen molar-refractivity contribution in [3.05, 3.63) is 35.4 Å². The molecule has 0 saturated heterocycles. The molecule has 1 aromatic rings. The number of aliphatic imine (C=N–C) groups is 1. The van der Waals surface area contributed by atoms with Crippen molar-refractivity contribution in [1.29, 1.82) is 5.26 Å². The van der Waals surface area contributed by atoms with Crippen LogP contribution in [-0.2, 0) is 18.4 Å². The predicted octanol–water partition coefficient (Wildman–Crippen LogP) is 2.61. The minimum atomic E-state index is 0.396. The average Bonchev–Trinajstić information content (AvgIpc) is 2.17. The molecular weight excluding hydrogens is 212 g/mol. The normalized spacial score (nSPS) is 11.0. The van der Waals surface area contributed by atoms with Crippen LogP contribution in [0, 0.1) is 18.4 Å². The second-order valence-corrected chi connectivity index (χ2v) is 4.36. The summed E-state index contributed by atoms with van der Waals surface area (Å²) in [5.41, 5.74) is 2.43. The first-order valence-corrected chi connectivity index (χ1v) is 5.44. The molecule has 0 N–H and O–H groups in total. The number of rotatable bonds is 2. The predicted molar refractivity (Wildman–Crippen MR) is 62.9 cm³/mol. The zero-order valence-corrected chi connectivity index (χ0v) is 9.36. The molecule has 0 atom stereocenters. The summed E-state index contributed by atoms with van der Waals surface area (Å²) in [4.78, 5) is 3.46. The quantitative estimate of drug-likeness (QED) is 0.333. The lowest BCUT2D eigenvalue weighted by Gasteiger charge is -2.07. The summed E-state index contributed by atoms with van der Waals surface area (Å²) >= 11 is 6.25. The van der Waals surface area contributed by atoms with Gasteiger partial charge >= 0.3 is 0 Å². The number of nitrogens with zero attached hydrogens (tertiary/aromatic N) is 2. The Bertz CT molecular complexity index is 363. The zero-order chi connectivity index (χ0) is 10.4. The van der Waals surface area contributed by atoms with E-state index in [1.54, 1.807) is 6.19 Å². The largest absolute Gasteiger partial charge is 0.752 e. The van der Waals surface area contributed by atoms with Crippen molar-refractivity contribution in [1.82, 2.24) is 0 Å². The van der Waals surface area contributed by atoms with E-state index in [0.717, 1.165) is 5.75 Å². The van der Waals surface area contributed by atoms with Gasteiger partial charge in [0, 0.05) is 5.75 Å². The van der Waals surface area contributed by atoms with E-state index in [9.17, 15) is 0 Å². The van der Waals surface area contributed by atoms with Crippen LogP contribution >= 0.6 is 11.8 Å². The first kappa shape index (κ1) is 11.0. The van der Waals surface area contributed by atoms with E-state index in [0.29, 0.717) is 4.38 Å². The van der Waals surface area contributed by atoms with Gasteiger partial charge in [-0.25, -0.2) is 0 Å². The standard InChI is InChI=1S/C10H10N2S2/c1-8-2-4-9(5-3-8)6-14-10(13)12-7-11/h2-5H,6H2,1H3,(H,12,13)/p-1. The smallest absolute Gasteiger partial charge is 0.204 e. The van der Waals surface area contributed by atoms with Crippen molar-refractivity contribution in [2.75, 3.05) is 0 Å². The van der Waals surface area contributed by atoms with E-state index in [1.807, 2.05) is 6.92 Å². The SMILES string of the molecule is Cc1ccc(CSC([S-])=NC#N)cc1. The molecule has 2 nitrogen and oxygen atoms in total. The Balaban J connectivity index is 2.51. The third kappa shape index (κ3) is 3.77. The maximum absolute atomic E-state index is 8.25. The van der Waals surface area contributed by atoms with Crippen LogP contribution < -0.4 is 0 Å². The van der Waals surface area contributed by atoms with Gasteiger partial charge in [0.2, 0.25) is 6.19 Å². The van der Waals surface area contributed by atoms with Crippen LogP contribution in [0.3, 0.4) is 0 Å². The first-order valence-electron chi connectivity index (χ1n) is 4.04. The van der Waals surface area contributed by atoms with Crippen molar-refractivity contribution in [3.63, 3.8) is 0 Å². The van der Waals surface area contributed by atoms with Crippen LogP contribution in [0.1, 0.15) is 11.1 Å². The van der Waals surface area contributed by atoms with Gasteiger partial charge in [-0.3, -0.25) is 0 Å². The van der Waals surface area contributed by atoms with E-state index in [2.05, 4.69) is 29.3 Å². The molecule has 1 rings (SSSR count). The fourth-order valence-electron chi connectivity index (χ4n) is 0.902. The first-order chi connectivity index (χ1) is 6.72. The lowest BCUT2D eigenvalue weighted by atomic mass is 10.2. The average molecular weight is 221 g/mol. The highest BCUT2D eigenvalue weighted by molar-refractivity contribution is 8.26. The maximum Gasteiger partial charge on any atom is 0.204 e. The van der Waals surface area contributed by atoms with Crippen LogP contribution in [0.5, 0.6) is 0 Å². The number of aryl methyl sites for hydroxylation is 1. The van der Waals surface area contributed by atoms with E-state index < -0.39 is 0 Å². The molecule has 0 radical (unpaired) electrons. The molecule has 14 heavy (non-hydrogen) atoms. The molecule has 4 heteroatoms. The van der Waals surface area contributed by atoms with Crippen molar-refractivity contribution < 1.29 is 0 Å². The van der Waals surface area contributed by atoms with Gasteiger partial charge in [-0.1, -0.05) is 29.8 Å². The highest BCUT2D eigenvalue weighted by atomic mass is 32.2. The third-order valence-electron chi connectivity index (χ3n) is 1.62. The summed E-state index contributed by atoms with van der Waals surface area (Å²) in [5, 5.41) is 8.25. The lowest BCUT2D eigenvalue weighted by Crippen LogP contribution is -1.87. The highest BCUT2D eigenvalue weighted by Gasteiger charge is 1.91. The number of hydrogen-bond donors (Lipinski definition) is 0. The van der Waals surface area contributed by atoms with Crippen LogP contribution in [0.15, 0.2) is 29.3 Å². The molecule has 1 aromatic carbocycles. The molecule has 72 valence electrons. The zero-order valence-electron chi connectivity index (χ0n) is 7.73. The van der Waals surface area contributed by atoms with Gasteiger partial charge in [0.25, 0.3) is 0 Å². The summed E-state index contributed by atoms with van der Waals surface area (Å²) in [6.45, 7) is 2.05. The second kappa shape index (κ2) is 5.63. The van der Waals surface area contributed by atoms with E-state index in [4.69, 9.17) is 17.9 Å². The Morgan fingerprint density at radius 3 is 2.71 bits per heavy atom. The summed E-state index contributed by atoms with van der Waals surface area (Å²) in [5.74, 6) is 0.768. The Hall–Kier alpha value is -1.05. The fraction of sp³-hybridized carbons (Fsp3) is 0.200. The summed E-state index contributed by atoms with van der Waals surface area (Å²) < 4.78 is 0.396. The molecular formula is C10H9N2S2-. The number of hydrogen-bond acceptors (Lipinski definition) is 4. The molecule has 0 bridgehead atoms. The minimum absolute atomic E-state index is 0.396. The Labute approximate surface area is 93.5 Å². The molecule has 0 fully saturated rings. The summed E-state index contributed by atoms with van der Waals surface area (Å²) in [6, 6.07) is 8.22. The van der Waals surface area contributed by atoms with E-state index in [1.165, 1.54) is 22.9 Å². The maximum atomic E-state index is 8.25. The topological polar surface area (TPSA) is 36.1 Å². The fourth-order valence-corrected chi connectivity index (χ4v) is 1.71. The molecule has 0 aromatic heterocycles. The van der Waals surface area contributed by atoms with Gasteiger partial charge < -0.3 is 12.6 Å². The van der Waals surface area contributed by atoms with Crippen LogP contribution in [0.25, 0.3) is 0 Å². The molecule has 0 spiro atoms. The Kier molecular flexibility index (Phi) is 4.44. The van der Waals surface area contributed by atoms with Gasteiger partial charge in [0.15, 0.2) is 0 Å². The molecule has 0 aliphatic rings.